The van der Waals surface area contributed by atoms with Crippen LogP contribution in [0.1, 0.15) is 24.8 Å². The number of aromatic hydroxyl groups is 1. The van der Waals surface area contributed by atoms with Crippen LogP contribution in [0.2, 0.25) is 0 Å². The first kappa shape index (κ1) is 20.0. The monoisotopic (exact) mass is 370 g/mol. The van der Waals surface area contributed by atoms with Crippen LogP contribution in [0, 0.1) is 0 Å². The zero-order valence-electron chi connectivity index (χ0n) is 14.2. The lowest BCUT2D eigenvalue weighted by atomic mass is 9.79. The highest BCUT2D eigenvalue weighted by molar-refractivity contribution is 5.77. The summed E-state index contributed by atoms with van der Waals surface area (Å²) in [6.45, 7) is 0. The van der Waals surface area contributed by atoms with Gasteiger partial charge in [-0.3, -0.25) is 4.79 Å². The van der Waals surface area contributed by atoms with Crippen LogP contribution >= 0.6 is 0 Å². The predicted molar refractivity (Wildman–Crippen MR) is 86.7 cm³/mol. The van der Waals surface area contributed by atoms with Gasteiger partial charge in [0.1, 0.15) is 12.2 Å². The zero-order chi connectivity index (χ0) is 19.5. The molecular weight excluding hydrogens is 348 g/mol. The van der Waals surface area contributed by atoms with Gasteiger partial charge in [0.05, 0.1) is 13.2 Å². The van der Waals surface area contributed by atoms with E-state index in [4.69, 9.17) is 14.6 Å². The highest BCUT2D eigenvalue weighted by Crippen LogP contribution is 2.32. The lowest BCUT2D eigenvalue weighted by Gasteiger charge is -2.39. The molecule has 1 unspecified atom stereocenters. The fourth-order valence-electron chi connectivity index (χ4n) is 2.90. The van der Waals surface area contributed by atoms with Crippen LogP contribution in [0.4, 0.5) is 0 Å². The van der Waals surface area contributed by atoms with Crippen LogP contribution in [-0.4, -0.2) is 68.5 Å². The summed E-state index contributed by atoms with van der Waals surface area (Å²) >= 11 is 0. The van der Waals surface area contributed by atoms with E-state index in [9.17, 15) is 30.0 Å². The Kier molecular flexibility index (Phi) is 6.06. The fraction of sp³-hybridized carbons (Fsp3) is 0.529. The molecule has 1 aromatic carbocycles. The standard InChI is InChI=1S/C17H22O9/c1-25-12-4-2-9(6-10(12)18)3-5-14(20)26-13-8-17(24,16(22)23)7-11(19)15(13)21/h2,4,6,11,13,15,18-19,21,24H,3,5,7-8H2,1H3,(H,22,23)/t11-,13?,15-,17+/m1/s1. The summed E-state index contributed by atoms with van der Waals surface area (Å²) in [6, 6.07) is 4.65. The lowest BCUT2D eigenvalue weighted by Crippen LogP contribution is -2.57. The summed E-state index contributed by atoms with van der Waals surface area (Å²) in [5.41, 5.74) is -1.63. The molecule has 0 spiro atoms. The molecule has 2 rings (SSSR count). The molecule has 0 saturated heterocycles. The third kappa shape index (κ3) is 4.43. The highest BCUT2D eigenvalue weighted by Gasteiger charge is 2.50. The van der Waals surface area contributed by atoms with E-state index in [1.807, 2.05) is 0 Å². The molecular formula is C17H22O9. The van der Waals surface area contributed by atoms with E-state index >= 15 is 0 Å². The second kappa shape index (κ2) is 7.90. The molecule has 0 aliphatic heterocycles. The summed E-state index contributed by atoms with van der Waals surface area (Å²) in [5.74, 6) is -2.07. The van der Waals surface area contributed by atoms with E-state index in [1.165, 1.54) is 13.2 Å². The number of methoxy groups -OCH3 is 1. The Bertz CT molecular complexity index is 674. The molecule has 0 bridgehead atoms. The molecule has 5 N–H and O–H groups in total. The average Bonchev–Trinajstić information content (AvgIpc) is 2.57. The lowest BCUT2D eigenvalue weighted by molar-refractivity contribution is -0.198. The number of aliphatic carboxylic acids is 1. The van der Waals surface area contributed by atoms with Gasteiger partial charge in [0.2, 0.25) is 0 Å². The van der Waals surface area contributed by atoms with Gasteiger partial charge in [-0.25, -0.2) is 4.79 Å². The molecule has 0 radical (unpaired) electrons. The highest BCUT2D eigenvalue weighted by atomic mass is 16.6. The Balaban J connectivity index is 1.95. The van der Waals surface area contributed by atoms with Crippen LogP contribution in [-0.2, 0) is 20.7 Å². The van der Waals surface area contributed by atoms with E-state index in [1.54, 1.807) is 12.1 Å². The van der Waals surface area contributed by atoms with Gasteiger partial charge in [-0.05, 0) is 24.1 Å². The Morgan fingerprint density at radius 1 is 1.27 bits per heavy atom. The van der Waals surface area contributed by atoms with E-state index in [0.717, 1.165) is 0 Å². The number of rotatable bonds is 6. The Hall–Kier alpha value is -2.36. The van der Waals surface area contributed by atoms with Crippen molar-refractivity contribution in [3.05, 3.63) is 23.8 Å². The number of carbonyl (C=O) groups is 2. The zero-order valence-corrected chi connectivity index (χ0v) is 14.2. The normalized spacial score (nSPS) is 28.4. The summed E-state index contributed by atoms with van der Waals surface area (Å²) < 4.78 is 9.98. The molecule has 0 aromatic heterocycles. The average molecular weight is 370 g/mol. The number of carboxylic acids is 1. The van der Waals surface area contributed by atoms with Crippen molar-refractivity contribution >= 4 is 11.9 Å². The molecule has 1 aromatic rings. The van der Waals surface area contributed by atoms with Gasteiger partial charge in [0, 0.05) is 19.3 Å². The Morgan fingerprint density at radius 2 is 1.96 bits per heavy atom. The fourth-order valence-corrected chi connectivity index (χ4v) is 2.90. The van der Waals surface area contributed by atoms with Crippen LogP contribution in [0.15, 0.2) is 18.2 Å². The van der Waals surface area contributed by atoms with Gasteiger partial charge in [-0.2, -0.15) is 0 Å². The molecule has 1 aliphatic rings. The molecule has 9 nitrogen and oxygen atoms in total. The molecule has 0 heterocycles. The van der Waals surface area contributed by atoms with Crippen molar-refractivity contribution in [1.82, 2.24) is 0 Å². The number of aryl methyl sites for hydroxylation is 1. The molecule has 9 heteroatoms. The van der Waals surface area contributed by atoms with Crippen molar-refractivity contribution in [2.24, 2.45) is 0 Å². The predicted octanol–water partition coefficient (Wildman–Crippen LogP) is -0.424. The number of phenols is 1. The first-order chi connectivity index (χ1) is 12.2. The second-order valence-corrected chi connectivity index (χ2v) is 6.34. The quantitative estimate of drug-likeness (QED) is 0.420. The maximum absolute atomic E-state index is 12.0. The van der Waals surface area contributed by atoms with Gasteiger partial charge in [0.25, 0.3) is 0 Å². The van der Waals surface area contributed by atoms with Gasteiger partial charge in [-0.15, -0.1) is 0 Å². The molecule has 144 valence electrons. The summed E-state index contributed by atoms with van der Waals surface area (Å²) in [7, 11) is 1.41. The molecule has 1 aliphatic carbocycles. The first-order valence-electron chi connectivity index (χ1n) is 8.03. The van der Waals surface area contributed by atoms with E-state index in [-0.39, 0.29) is 18.6 Å². The van der Waals surface area contributed by atoms with Crippen molar-refractivity contribution in [2.75, 3.05) is 7.11 Å². The van der Waals surface area contributed by atoms with Crippen molar-refractivity contribution in [3.8, 4) is 11.5 Å². The second-order valence-electron chi connectivity index (χ2n) is 6.34. The number of ether oxygens (including phenoxy) is 2. The number of aliphatic hydroxyl groups is 3. The number of carboxylic acid groups (broad SMARTS) is 1. The van der Waals surface area contributed by atoms with E-state index in [0.29, 0.717) is 11.3 Å². The van der Waals surface area contributed by atoms with Crippen molar-refractivity contribution in [3.63, 3.8) is 0 Å². The SMILES string of the molecule is COc1ccc(CCC(=O)OC2C[C@](O)(C(=O)O)C[C@@H](O)[C@H]2O)cc1O. The minimum atomic E-state index is -2.27. The number of phenolic OH excluding ortho intramolecular Hbond substituents is 1. The minimum Gasteiger partial charge on any atom is -0.504 e. The number of esters is 1. The third-order valence-corrected chi connectivity index (χ3v) is 4.40. The Labute approximate surface area is 149 Å². The van der Waals surface area contributed by atoms with Gasteiger partial charge in [-0.1, -0.05) is 6.07 Å². The topological polar surface area (TPSA) is 154 Å². The largest absolute Gasteiger partial charge is 0.504 e. The maximum Gasteiger partial charge on any atom is 0.335 e. The maximum atomic E-state index is 12.0. The van der Waals surface area contributed by atoms with Crippen molar-refractivity contribution in [1.29, 1.82) is 0 Å². The molecule has 26 heavy (non-hydrogen) atoms. The number of hydrogen-bond donors (Lipinski definition) is 5. The van der Waals surface area contributed by atoms with Crippen LogP contribution in [0.5, 0.6) is 11.5 Å². The number of benzene rings is 1. The Morgan fingerprint density at radius 3 is 2.54 bits per heavy atom. The van der Waals surface area contributed by atoms with Crippen molar-refractivity contribution in [2.45, 2.75) is 49.6 Å². The smallest absolute Gasteiger partial charge is 0.335 e. The summed E-state index contributed by atoms with van der Waals surface area (Å²) in [4.78, 5) is 23.1. The minimum absolute atomic E-state index is 0.0734. The van der Waals surface area contributed by atoms with Crippen LogP contribution in [0.3, 0.4) is 0 Å². The van der Waals surface area contributed by atoms with Crippen LogP contribution < -0.4 is 4.74 Å². The molecule has 1 fully saturated rings. The number of aliphatic hydroxyl groups excluding tert-OH is 2. The number of carbonyl (C=O) groups excluding carboxylic acids is 1. The summed E-state index contributed by atoms with van der Waals surface area (Å²) in [6.07, 6.45) is -5.29. The van der Waals surface area contributed by atoms with Gasteiger partial charge < -0.3 is 35.0 Å². The molecule has 4 atom stereocenters. The van der Waals surface area contributed by atoms with Crippen LogP contribution in [0.25, 0.3) is 0 Å². The number of hydrogen-bond acceptors (Lipinski definition) is 8. The third-order valence-electron chi connectivity index (χ3n) is 4.40. The molecule has 1 saturated carbocycles. The summed E-state index contributed by atoms with van der Waals surface area (Å²) in [5, 5.41) is 48.4. The van der Waals surface area contributed by atoms with Gasteiger partial charge >= 0.3 is 11.9 Å². The first-order valence-corrected chi connectivity index (χ1v) is 8.03. The van der Waals surface area contributed by atoms with Crippen molar-refractivity contribution < 1.29 is 44.6 Å². The van der Waals surface area contributed by atoms with Gasteiger partial charge in [0.15, 0.2) is 17.1 Å². The molecule has 0 amide bonds. The van der Waals surface area contributed by atoms with E-state index < -0.39 is 48.7 Å². The van der Waals surface area contributed by atoms with E-state index in [2.05, 4.69) is 0 Å².